The lowest BCUT2D eigenvalue weighted by Crippen LogP contribution is -2.25. The fraction of sp³-hybridized carbons (Fsp3) is 0.900. The van der Waals surface area contributed by atoms with E-state index in [0.29, 0.717) is 12.3 Å². The predicted octanol–water partition coefficient (Wildman–Crippen LogP) is 2.71. The van der Waals surface area contributed by atoms with Crippen LogP contribution in [0.2, 0.25) is 0 Å². The van der Waals surface area contributed by atoms with E-state index in [1.165, 1.54) is 12.8 Å². The molecule has 3 heteroatoms. The van der Waals surface area contributed by atoms with Gasteiger partial charge in [0.2, 0.25) is 5.91 Å². The van der Waals surface area contributed by atoms with E-state index in [9.17, 15) is 4.79 Å². The maximum atomic E-state index is 11.2. The molecular weight excluding hydrogens is 230 g/mol. The van der Waals surface area contributed by atoms with Gasteiger partial charge in [-0.3, -0.25) is 4.79 Å². The molecule has 0 spiro atoms. The molecule has 2 nitrogen and oxygen atoms in total. The van der Waals surface area contributed by atoms with Crippen LogP contribution in [0.5, 0.6) is 0 Å². The molecule has 0 aromatic heterocycles. The van der Waals surface area contributed by atoms with Crippen LogP contribution in [0.3, 0.4) is 0 Å². The van der Waals surface area contributed by atoms with Gasteiger partial charge in [-0.2, -0.15) is 0 Å². The average molecular weight is 250 g/mol. The smallest absolute Gasteiger partial charge is 0.220 e. The summed E-state index contributed by atoms with van der Waals surface area (Å²) in [7, 11) is 0. The summed E-state index contributed by atoms with van der Waals surface area (Å²) in [5.74, 6) is 0.649. The minimum absolute atomic E-state index is 0.189. The molecule has 13 heavy (non-hydrogen) atoms. The Hall–Kier alpha value is -0.0500. The Balaban J connectivity index is 3.17. The molecule has 0 aliphatic carbocycles. The first kappa shape index (κ1) is 12.9. The summed E-state index contributed by atoms with van der Waals surface area (Å²) < 4.78 is 0. The average Bonchev–Trinajstić information content (AvgIpc) is 2.02. The zero-order valence-corrected chi connectivity index (χ0v) is 10.2. The quantitative estimate of drug-likeness (QED) is 0.546. The molecule has 0 rings (SSSR count). The van der Waals surface area contributed by atoms with Gasteiger partial charge in [0.1, 0.15) is 0 Å². The van der Waals surface area contributed by atoms with E-state index in [-0.39, 0.29) is 5.91 Å². The predicted molar refractivity (Wildman–Crippen MR) is 60.1 cm³/mol. The van der Waals surface area contributed by atoms with Crippen LogP contribution in [0, 0.1) is 5.92 Å². The summed E-state index contributed by atoms with van der Waals surface area (Å²) in [6.45, 7) is 4.95. The zero-order valence-electron chi connectivity index (χ0n) is 8.61. The molecule has 0 saturated carbocycles. The standard InChI is InChI=1S/C10H20BrNO/c1-9(2)8-10(13)12-7-5-3-4-6-11/h9H,3-8H2,1-2H3,(H,12,13). The van der Waals surface area contributed by atoms with E-state index in [1.807, 2.05) is 0 Å². The van der Waals surface area contributed by atoms with Gasteiger partial charge in [0.25, 0.3) is 0 Å². The van der Waals surface area contributed by atoms with Crippen molar-refractivity contribution in [2.45, 2.75) is 39.5 Å². The maximum Gasteiger partial charge on any atom is 0.220 e. The number of halogens is 1. The van der Waals surface area contributed by atoms with Crippen molar-refractivity contribution in [2.24, 2.45) is 5.92 Å². The topological polar surface area (TPSA) is 29.1 Å². The van der Waals surface area contributed by atoms with Crippen LogP contribution in [0.1, 0.15) is 39.5 Å². The van der Waals surface area contributed by atoms with Gasteiger partial charge < -0.3 is 5.32 Å². The lowest BCUT2D eigenvalue weighted by Gasteiger charge is -2.06. The maximum absolute atomic E-state index is 11.2. The first-order chi connectivity index (χ1) is 6.16. The number of unbranched alkanes of at least 4 members (excludes halogenated alkanes) is 2. The van der Waals surface area contributed by atoms with Crippen LogP contribution >= 0.6 is 15.9 Å². The zero-order chi connectivity index (χ0) is 10.1. The third kappa shape index (κ3) is 9.87. The molecule has 0 aliphatic heterocycles. The third-order valence-corrected chi connectivity index (χ3v) is 2.29. The van der Waals surface area contributed by atoms with E-state index in [0.717, 1.165) is 18.3 Å². The third-order valence-electron chi connectivity index (χ3n) is 1.73. The molecule has 0 bridgehead atoms. The van der Waals surface area contributed by atoms with Crippen molar-refractivity contribution in [1.82, 2.24) is 5.32 Å². The van der Waals surface area contributed by atoms with Crippen molar-refractivity contribution in [3.8, 4) is 0 Å². The summed E-state index contributed by atoms with van der Waals surface area (Å²) in [5, 5.41) is 3.98. The van der Waals surface area contributed by atoms with E-state index < -0.39 is 0 Å². The summed E-state index contributed by atoms with van der Waals surface area (Å²) in [4.78, 5) is 11.2. The second-order valence-corrected chi connectivity index (χ2v) is 4.49. The Bertz CT molecular complexity index is 137. The number of carbonyl (C=O) groups is 1. The van der Waals surface area contributed by atoms with Gasteiger partial charge in [-0.25, -0.2) is 0 Å². The first-order valence-corrected chi connectivity index (χ1v) is 6.11. The van der Waals surface area contributed by atoms with Gasteiger partial charge in [0.05, 0.1) is 0 Å². The van der Waals surface area contributed by atoms with Gasteiger partial charge >= 0.3 is 0 Å². The summed E-state index contributed by atoms with van der Waals surface area (Å²) in [6.07, 6.45) is 4.13. The van der Waals surface area contributed by atoms with E-state index in [1.54, 1.807) is 0 Å². The van der Waals surface area contributed by atoms with Crippen molar-refractivity contribution >= 4 is 21.8 Å². The molecule has 1 amide bonds. The molecule has 0 unspecified atom stereocenters. The van der Waals surface area contributed by atoms with E-state index in [4.69, 9.17) is 0 Å². The van der Waals surface area contributed by atoms with Crippen LogP contribution in [0.4, 0.5) is 0 Å². The van der Waals surface area contributed by atoms with Crippen molar-refractivity contribution in [1.29, 1.82) is 0 Å². The Morgan fingerprint density at radius 3 is 2.54 bits per heavy atom. The molecule has 0 aromatic carbocycles. The Labute approximate surface area is 89.6 Å². The highest BCUT2D eigenvalue weighted by molar-refractivity contribution is 9.09. The molecular formula is C10H20BrNO. The highest BCUT2D eigenvalue weighted by atomic mass is 79.9. The molecule has 78 valence electrons. The number of carbonyl (C=O) groups excluding carboxylic acids is 1. The summed E-state index contributed by atoms with van der Waals surface area (Å²) in [5.41, 5.74) is 0. The molecule has 0 heterocycles. The van der Waals surface area contributed by atoms with Crippen molar-refractivity contribution < 1.29 is 4.79 Å². The lowest BCUT2D eigenvalue weighted by molar-refractivity contribution is -0.121. The van der Waals surface area contributed by atoms with E-state index >= 15 is 0 Å². The molecule has 0 aliphatic rings. The van der Waals surface area contributed by atoms with Gasteiger partial charge in [0, 0.05) is 18.3 Å². The van der Waals surface area contributed by atoms with Crippen molar-refractivity contribution in [3.05, 3.63) is 0 Å². The number of nitrogens with one attached hydrogen (secondary N) is 1. The summed E-state index contributed by atoms with van der Waals surface area (Å²) in [6, 6.07) is 0. The number of alkyl halides is 1. The molecule has 0 atom stereocenters. The Morgan fingerprint density at radius 2 is 2.00 bits per heavy atom. The van der Waals surface area contributed by atoms with Crippen molar-refractivity contribution in [3.63, 3.8) is 0 Å². The monoisotopic (exact) mass is 249 g/mol. The summed E-state index contributed by atoms with van der Waals surface area (Å²) >= 11 is 3.38. The number of amides is 1. The fourth-order valence-electron chi connectivity index (χ4n) is 1.07. The Kier molecular flexibility index (Phi) is 8.51. The second kappa shape index (κ2) is 8.54. The van der Waals surface area contributed by atoms with Gasteiger partial charge in [0.15, 0.2) is 0 Å². The molecule has 1 N–H and O–H groups in total. The normalized spacial score (nSPS) is 10.5. The molecule has 0 saturated heterocycles. The highest BCUT2D eigenvalue weighted by Gasteiger charge is 2.02. The van der Waals surface area contributed by atoms with Crippen molar-refractivity contribution in [2.75, 3.05) is 11.9 Å². The van der Waals surface area contributed by atoms with Crippen LogP contribution in [-0.2, 0) is 4.79 Å². The minimum Gasteiger partial charge on any atom is -0.356 e. The highest BCUT2D eigenvalue weighted by Crippen LogP contribution is 1.99. The minimum atomic E-state index is 0.189. The van der Waals surface area contributed by atoms with Gasteiger partial charge in [-0.05, 0) is 18.8 Å². The van der Waals surface area contributed by atoms with E-state index in [2.05, 4.69) is 35.1 Å². The fourth-order valence-corrected chi connectivity index (χ4v) is 1.46. The Morgan fingerprint density at radius 1 is 1.31 bits per heavy atom. The van der Waals surface area contributed by atoms with Crippen LogP contribution in [-0.4, -0.2) is 17.8 Å². The number of hydrogen-bond donors (Lipinski definition) is 1. The molecule has 0 aromatic rings. The largest absolute Gasteiger partial charge is 0.356 e. The molecule has 0 fully saturated rings. The van der Waals surface area contributed by atoms with Crippen LogP contribution < -0.4 is 5.32 Å². The lowest BCUT2D eigenvalue weighted by atomic mass is 10.1. The van der Waals surface area contributed by atoms with Gasteiger partial charge in [-0.1, -0.05) is 36.2 Å². The number of hydrogen-bond acceptors (Lipinski definition) is 1. The van der Waals surface area contributed by atoms with Gasteiger partial charge in [-0.15, -0.1) is 0 Å². The molecule has 0 radical (unpaired) electrons. The number of rotatable bonds is 7. The first-order valence-electron chi connectivity index (χ1n) is 4.99. The second-order valence-electron chi connectivity index (χ2n) is 3.70. The van der Waals surface area contributed by atoms with Crippen LogP contribution in [0.25, 0.3) is 0 Å². The SMILES string of the molecule is CC(C)CC(=O)NCCCCCBr. The van der Waals surface area contributed by atoms with Crippen LogP contribution in [0.15, 0.2) is 0 Å².